The maximum Gasteiger partial charge on any atom is 0.326 e. The van der Waals surface area contributed by atoms with Crippen molar-refractivity contribution in [1.29, 1.82) is 0 Å². The molecule has 0 fully saturated rings. The van der Waals surface area contributed by atoms with Gasteiger partial charge in [-0.25, -0.2) is 4.79 Å². The van der Waals surface area contributed by atoms with Crippen LogP contribution in [-0.2, 0) is 16.0 Å². The number of fused-ring (bicyclic) bond motifs is 1. The largest absolute Gasteiger partial charge is 0.480 e. The number of aliphatic carboxylic acids is 1. The SMILES string of the molecule is CC(C)(C)[C@@H](NC(=O)C1Cc2ccccc2S1)C(=O)O. The van der Waals surface area contributed by atoms with Crippen LogP contribution in [0.25, 0.3) is 0 Å². The summed E-state index contributed by atoms with van der Waals surface area (Å²) >= 11 is 1.50. The van der Waals surface area contributed by atoms with E-state index in [1.165, 1.54) is 11.8 Å². The Balaban J connectivity index is 2.05. The molecule has 1 aliphatic rings. The van der Waals surface area contributed by atoms with E-state index in [9.17, 15) is 14.7 Å². The van der Waals surface area contributed by atoms with Crippen molar-refractivity contribution in [3.63, 3.8) is 0 Å². The van der Waals surface area contributed by atoms with Crippen molar-refractivity contribution in [2.45, 2.75) is 43.4 Å². The van der Waals surface area contributed by atoms with Crippen LogP contribution in [-0.4, -0.2) is 28.3 Å². The summed E-state index contributed by atoms with van der Waals surface area (Å²) in [5.41, 5.74) is 0.637. The molecule has 1 aliphatic heterocycles. The molecule has 4 nitrogen and oxygen atoms in total. The number of rotatable bonds is 3. The van der Waals surface area contributed by atoms with E-state index >= 15 is 0 Å². The fourth-order valence-electron chi connectivity index (χ4n) is 2.21. The molecule has 1 unspecified atom stereocenters. The molecule has 0 radical (unpaired) electrons. The van der Waals surface area contributed by atoms with Crippen molar-refractivity contribution in [1.82, 2.24) is 5.32 Å². The molecule has 0 bridgehead atoms. The Bertz CT molecular complexity index is 511. The first-order valence-corrected chi connectivity index (χ1v) is 7.45. The van der Waals surface area contributed by atoms with Crippen LogP contribution in [0.5, 0.6) is 0 Å². The highest BCUT2D eigenvalue weighted by Crippen LogP contribution is 2.37. The fourth-order valence-corrected chi connectivity index (χ4v) is 3.42. The molecular weight excluding hydrogens is 274 g/mol. The van der Waals surface area contributed by atoms with Crippen molar-refractivity contribution in [3.05, 3.63) is 29.8 Å². The number of amides is 1. The molecule has 1 heterocycles. The minimum atomic E-state index is -0.994. The van der Waals surface area contributed by atoms with E-state index in [-0.39, 0.29) is 11.2 Å². The normalized spacial score (nSPS) is 19.2. The van der Waals surface area contributed by atoms with Crippen LogP contribution < -0.4 is 5.32 Å². The van der Waals surface area contributed by atoms with E-state index in [1.54, 1.807) is 0 Å². The van der Waals surface area contributed by atoms with E-state index in [2.05, 4.69) is 5.32 Å². The first-order valence-electron chi connectivity index (χ1n) is 6.57. The molecule has 0 spiro atoms. The minimum absolute atomic E-state index is 0.200. The van der Waals surface area contributed by atoms with Crippen LogP contribution in [0.1, 0.15) is 26.3 Å². The summed E-state index contributed by atoms with van der Waals surface area (Å²) in [5.74, 6) is -1.19. The summed E-state index contributed by atoms with van der Waals surface area (Å²) in [6, 6.07) is 7.02. The highest BCUT2D eigenvalue weighted by atomic mass is 32.2. The third-order valence-electron chi connectivity index (χ3n) is 3.34. The Kier molecular flexibility index (Phi) is 4.09. The number of benzene rings is 1. The number of thioether (sulfide) groups is 1. The van der Waals surface area contributed by atoms with Crippen LogP contribution in [0.4, 0.5) is 0 Å². The van der Waals surface area contributed by atoms with E-state index in [1.807, 2.05) is 45.0 Å². The van der Waals surface area contributed by atoms with Gasteiger partial charge in [-0.2, -0.15) is 0 Å². The fraction of sp³-hybridized carbons (Fsp3) is 0.467. The van der Waals surface area contributed by atoms with Gasteiger partial charge in [0.1, 0.15) is 6.04 Å². The van der Waals surface area contributed by atoms with Gasteiger partial charge in [-0.05, 0) is 23.5 Å². The molecule has 0 saturated carbocycles. The minimum Gasteiger partial charge on any atom is -0.480 e. The first-order chi connectivity index (χ1) is 9.29. The zero-order valence-electron chi connectivity index (χ0n) is 11.8. The van der Waals surface area contributed by atoms with Crippen molar-refractivity contribution in [2.24, 2.45) is 5.41 Å². The lowest BCUT2D eigenvalue weighted by molar-refractivity contribution is -0.144. The van der Waals surface area contributed by atoms with Crippen molar-refractivity contribution in [2.75, 3.05) is 0 Å². The molecule has 5 heteroatoms. The van der Waals surface area contributed by atoms with E-state index in [0.29, 0.717) is 6.42 Å². The Labute approximate surface area is 123 Å². The highest BCUT2D eigenvalue weighted by molar-refractivity contribution is 8.01. The topological polar surface area (TPSA) is 66.4 Å². The van der Waals surface area contributed by atoms with Gasteiger partial charge in [-0.1, -0.05) is 39.0 Å². The number of carboxylic acids is 1. The van der Waals surface area contributed by atoms with Crippen molar-refractivity contribution >= 4 is 23.6 Å². The maximum absolute atomic E-state index is 12.3. The van der Waals surface area contributed by atoms with Gasteiger partial charge < -0.3 is 10.4 Å². The Morgan fingerprint density at radius 3 is 2.55 bits per heavy atom. The third kappa shape index (κ3) is 3.15. The third-order valence-corrected chi connectivity index (χ3v) is 4.66. The number of carboxylic acid groups (broad SMARTS) is 1. The highest BCUT2D eigenvalue weighted by Gasteiger charge is 2.36. The number of hydrogen-bond donors (Lipinski definition) is 2. The lowest BCUT2D eigenvalue weighted by Crippen LogP contribution is -2.51. The molecule has 0 aliphatic carbocycles. The van der Waals surface area contributed by atoms with Crippen LogP contribution in [0.2, 0.25) is 0 Å². The molecule has 0 aromatic heterocycles. The second-order valence-electron chi connectivity index (χ2n) is 6.06. The Morgan fingerprint density at radius 1 is 1.35 bits per heavy atom. The van der Waals surface area contributed by atoms with Crippen LogP contribution in [0.3, 0.4) is 0 Å². The monoisotopic (exact) mass is 293 g/mol. The van der Waals surface area contributed by atoms with Gasteiger partial charge >= 0.3 is 5.97 Å². The lowest BCUT2D eigenvalue weighted by atomic mass is 9.86. The Hall–Kier alpha value is -1.49. The summed E-state index contributed by atoms with van der Waals surface area (Å²) < 4.78 is 0. The van der Waals surface area contributed by atoms with E-state index in [0.717, 1.165) is 10.5 Å². The molecular formula is C15H19NO3S. The van der Waals surface area contributed by atoms with E-state index < -0.39 is 17.4 Å². The Morgan fingerprint density at radius 2 is 2.00 bits per heavy atom. The molecule has 1 aromatic rings. The first kappa shape index (κ1) is 14.9. The summed E-state index contributed by atoms with van der Waals surface area (Å²) in [4.78, 5) is 24.7. The molecule has 2 N–H and O–H groups in total. The summed E-state index contributed by atoms with van der Waals surface area (Å²) in [6.07, 6.45) is 0.656. The predicted molar refractivity (Wildman–Crippen MR) is 78.8 cm³/mol. The smallest absolute Gasteiger partial charge is 0.326 e. The second kappa shape index (κ2) is 5.48. The molecule has 1 amide bonds. The molecule has 108 valence electrons. The number of nitrogens with one attached hydrogen (secondary N) is 1. The van der Waals surface area contributed by atoms with Gasteiger partial charge in [-0.15, -0.1) is 11.8 Å². The summed E-state index contributed by atoms with van der Waals surface area (Å²) in [6.45, 7) is 5.42. The molecule has 20 heavy (non-hydrogen) atoms. The maximum atomic E-state index is 12.3. The lowest BCUT2D eigenvalue weighted by Gasteiger charge is -2.28. The van der Waals surface area contributed by atoms with E-state index in [4.69, 9.17) is 0 Å². The van der Waals surface area contributed by atoms with Crippen molar-refractivity contribution < 1.29 is 14.7 Å². The van der Waals surface area contributed by atoms with Gasteiger partial charge in [0.25, 0.3) is 0 Å². The van der Waals surface area contributed by atoms with Crippen LogP contribution in [0.15, 0.2) is 29.2 Å². The molecule has 0 saturated heterocycles. The summed E-state index contributed by atoms with van der Waals surface area (Å²) in [7, 11) is 0. The number of hydrogen-bond acceptors (Lipinski definition) is 3. The summed E-state index contributed by atoms with van der Waals surface area (Å²) in [5, 5.41) is 11.7. The average molecular weight is 293 g/mol. The van der Waals surface area contributed by atoms with Gasteiger partial charge in [-0.3, -0.25) is 4.79 Å². The quantitative estimate of drug-likeness (QED) is 0.897. The number of carbonyl (C=O) groups excluding carboxylic acids is 1. The van der Waals surface area contributed by atoms with Gasteiger partial charge in [0, 0.05) is 4.90 Å². The number of carbonyl (C=O) groups is 2. The molecule has 2 rings (SSSR count). The zero-order valence-corrected chi connectivity index (χ0v) is 12.7. The van der Waals surface area contributed by atoms with Crippen LogP contribution in [0, 0.1) is 5.41 Å². The molecule has 1 aromatic carbocycles. The standard InChI is InChI=1S/C15H19NO3S/c1-15(2,3)12(14(18)19)16-13(17)11-8-9-6-4-5-7-10(9)20-11/h4-7,11-12H,8H2,1-3H3,(H,16,17)(H,18,19)/t11?,12-/m0/s1. The van der Waals surface area contributed by atoms with Crippen LogP contribution >= 0.6 is 11.8 Å². The predicted octanol–water partition coefficient (Wildman–Crippen LogP) is 2.32. The van der Waals surface area contributed by atoms with Gasteiger partial charge in [0.15, 0.2) is 0 Å². The van der Waals surface area contributed by atoms with Gasteiger partial charge in [0.05, 0.1) is 5.25 Å². The van der Waals surface area contributed by atoms with Gasteiger partial charge in [0.2, 0.25) is 5.91 Å². The molecule has 2 atom stereocenters. The average Bonchev–Trinajstić information content (AvgIpc) is 2.77. The zero-order chi connectivity index (χ0) is 14.9. The van der Waals surface area contributed by atoms with Crippen molar-refractivity contribution in [3.8, 4) is 0 Å². The second-order valence-corrected chi connectivity index (χ2v) is 7.31.